The van der Waals surface area contributed by atoms with Crippen LogP contribution >= 0.6 is 0 Å². The normalized spacial score (nSPS) is 19.9. The van der Waals surface area contributed by atoms with Crippen LogP contribution in [0.25, 0.3) is 0 Å². The summed E-state index contributed by atoms with van der Waals surface area (Å²) in [7, 11) is 0. The molecule has 0 radical (unpaired) electrons. The van der Waals surface area contributed by atoms with Gasteiger partial charge in [0.1, 0.15) is 12.7 Å². The second kappa shape index (κ2) is 17.1. The van der Waals surface area contributed by atoms with Crippen molar-refractivity contribution in [2.75, 3.05) is 19.8 Å². The third-order valence-electron chi connectivity index (χ3n) is 5.06. The molecule has 6 heteroatoms. The average molecular weight is 433 g/mol. The minimum atomic E-state index is -0.770. The van der Waals surface area contributed by atoms with Crippen molar-refractivity contribution in [1.29, 1.82) is 5.26 Å². The van der Waals surface area contributed by atoms with Crippen LogP contribution in [0.4, 0.5) is 0 Å². The van der Waals surface area contributed by atoms with E-state index in [0.717, 1.165) is 13.0 Å². The van der Waals surface area contributed by atoms with E-state index in [0.29, 0.717) is 32.3 Å². The first-order chi connectivity index (χ1) is 11.4. The molecule has 0 N–H and O–H groups in total. The lowest BCUT2D eigenvalue weighted by molar-refractivity contribution is -0.158. The predicted molar refractivity (Wildman–Crippen MR) is 128 cm³/mol. The number of likely N-dealkylation sites (tertiary alicyclic amines) is 1. The van der Waals surface area contributed by atoms with Gasteiger partial charge in [-0.2, -0.15) is 5.26 Å². The Morgan fingerprint density at radius 3 is 2.23 bits per heavy atom. The Balaban J connectivity index is -0.000000347. The quantitative estimate of drug-likeness (QED) is 0.325. The molecule has 0 aromatic carbocycles. The first-order valence-electron chi connectivity index (χ1n) is 8.87. The summed E-state index contributed by atoms with van der Waals surface area (Å²) < 4.78 is 10.5. The molecule has 6 nitrogen and oxygen atoms in total. The molecule has 0 aromatic heterocycles. The second-order valence-electron chi connectivity index (χ2n) is 7.30. The lowest BCUT2D eigenvalue weighted by atomic mass is 9.75. The first-order valence-corrected chi connectivity index (χ1v) is 8.87. The number of carbonyl (C=O) groups is 2. The largest absolute Gasteiger partial charge is 0.462 e. The fourth-order valence-electron chi connectivity index (χ4n) is 3.48. The second-order valence-corrected chi connectivity index (χ2v) is 7.30. The van der Waals surface area contributed by atoms with E-state index in [1.807, 2.05) is 25.7 Å². The molecular weight excluding hydrogens is 380 g/mol. The van der Waals surface area contributed by atoms with Crippen molar-refractivity contribution in [2.45, 2.75) is 110 Å². The third-order valence-corrected chi connectivity index (χ3v) is 5.06. The van der Waals surface area contributed by atoms with Gasteiger partial charge in [-0.3, -0.25) is 9.59 Å². The lowest BCUT2D eigenvalue weighted by Gasteiger charge is -2.35. The summed E-state index contributed by atoms with van der Waals surface area (Å²) in [6.07, 6.45) is 3.15. The van der Waals surface area contributed by atoms with Crippen LogP contribution in [-0.4, -0.2) is 48.7 Å². The van der Waals surface area contributed by atoms with E-state index >= 15 is 0 Å². The summed E-state index contributed by atoms with van der Waals surface area (Å²) in [5.41, 5.74) is -0.770. The van der Waals surface area contributed by atoms with E-state index in [-0.39, 0.29) is 81.1 Å². The Hall–Kier alpha value is -1.61. The molecule has 0 aliphatic carbocycles. The van der Waals surface area contributed by atoms with Crippen LogP contribution in [0.1, 0.15) is 97.4 Å². The minimum absolute atomic E-state index is 0. The molecule has 2 fully saturated rings. The zero-order chi connectivity index (χ0) is 17.7. The van der Waals surface area contributed by atoms with Crippen molar-refractivity contribution in [2.24, 2.45) is 11.3 Å². The highest BCUT2D eigenvalue weighted by molar-refractivity contribution is 5.79. The molecule has 182 valence electrons. The van der Waals surface area contributed by atoms with Gasteiger partial charge in [0.15, 0.2) is 0 Å². The Morgan fingerprint density at radius 1 is 1.27 bits per heavy atom. The summed E-state index contributed by atoms with van der Waals surface area (Å²) >= 11 is 0. The first kappa shape index (κ1) is 38.9. The predicted octanol–water partition coefficient (Wildman–Crippen LogP) is 6.09. The molecule has 0 aromatic rings. The fourth-order valence-corrected chi connectivity index (χ4v) is 3.48. The van der Waals surface area contributed by atoms with Crippen LogP contribution in [0, 0.1) is 22.7 Å². The van der Waals surface area contributed by atoms with Gasteiger partial charge in [0.25, 0.3) is 0 Å². The molecule has 30 heavy (non-hydrogen) atoms. The van der Waals surface area contributed by atoms with Crippen molar-refractivity contribution in [3.63, 3.8) is 0 Å². The number of epoxide rings is 1. The summed E-state index contributed by atoms with van der Waals surface area (Å²) in [5, 5.41) is 9.30. The Bertz CT molecular complexity index is 514. The molecule has 0 spiro atoms. The van der Waals surface area contributed by atoms with Crippen LogP contribution in [0.5, 0.6) is 0 Å². The minimum Gasteiger partial charge on any atom is -0.462 e. The molecule has 2 rings (SSSR count). The van der Waals surface area contributed by atoms with E-state index in [1.165, 1.54) is 0 Å². The zero-order valence-electron chi connectivity index (χ0n) is 14.9. The molecule has 2 aliphatic rings. The number of hydrogen-bond acceptors (Lipinski definition) is 5. The van der Waals surface area contributed by atoms with Crippen molar-refractivity contribution in [3.05, 3.63) is 0 Å². The van der Waals surface area contributed by atoms with Crippen molar-refractivity contribution in [3.8, 4) is 6.07 Å². The standard InChI is InChI=1S/C18H28N2O4.6CH4/c1-4-14(10-19)9-18(3,17(22)24-12-15-11-23-15)8-13(2)20-7-5-6-16(20)21;;;;;;/h13-15H,4-9,11-12H2,1-3H3;6*1H4. The summed E-state index contributed by atoms with van der Waals surface area (Å²) in [6.45, 7) is 7.45. The van der Waals surface area contributed by atoms with Crippen LogP contribution < -0.4 is 0 Å². The van der Waals surface area contributed by atoms with Crippen LogP contribution in [0.15, 0.2) is 0 Å². The van der Waals surface area contributed by atoms with Crippen LogP contribution in [-0.2, 0) is 19.1 Å². The summed E-state index contributed by atoms with van der Waals surface area (Å²) in [6, 6.07) is 2.24. The fraction of sp³-hybridized carbons (Fsp3) is 0.875. The molecule has 0 saturated carbocycles. The molecule has 1 amide bonds. The molecule has 2 saturated heterocycles. The SMILES string of the molecule is C.C.C.C.C.C.CCC(C#N)CC(C)(CC(C)N1CCCC1=O)C(=O)OCC1CO1. The van der Waals surface area contributed by atoms with Crippen LogP contribution in [0.3, 0.4) is 0 Å². The highest BCUT2D eigenvalue weighted by Crippen LogP contribution is 2.36. The molecule has 0 bridgehead atoms. The number of hydrogen-bond donors (Lipinski definition) is 0. The number of amides is 1. The number of nitriles is 1. The summed E-state index contributed by atoms with van der Waals surface area (Å²) in [4.78, 5) is 26.5. The molecule has 2 heterocycles. The van der Waals surface area contributed by atoms with Gasteiger partial charge in [-0.1, -0.05) is 51.5 Å². The van der Waals surface area contributed by atoms with E-state index in [9.17, 15) is 14.9 Å². The van der Waals surface area contributed by atoms with E-state index in [4.69, 9.17) is 9.47 Å². The van der Waals surface area contributed by atoms with Gasteiger partial charge in [0.2, 0.25) is 5.91 Å². The van der Waals surface area contributed by atoms with Gasteiger partial charge < -0.3 is 14.4 Å². The van der Waals surface area contributed by atoms with Gasteiger partial charge in [0.05, 0.1) is 18.1 Å². The Labute approximate surface area is 188 Å². The smallest absolute Gasteiger partial charge is 0.312 e. The molecular formula is C24H52N2O4. The maximum Gasteiger partial charge on any atom is 0.312 e. The van der Waals surface area contributed by atoms with Gasteiger partial charge >= 0.3 is 5.97 Å². The average Bonchev–Trinajstić information content (AvgIpc) is 3.29. The zero-order valence-corrected chi connectivity index (χ0v) is 14.9. The third kappa shape index (κ3) is 10.4. The molecule has 2 aliphatic heterocycles. The summed E-state index contributed by atoms with van der Waals surface area (Å²) in [5.74, 6) is -0.330. The Kier molecular flexibility index (Phi) is 22.2. The number of ether oxygens (including phenoxy) is 2. The number of carbonyl (C=O) groups excluding carboxylic acids is 2. The number of nitrogens with zero attached hydrogens (tertiary/aromatic N) is 2. The Morgan fingerprint density at radius 2 is 1.83 bits per heavy atom. The van der Waals surface area contributed by atoms with Gasteiger partial charge in [-0.25, -0.2) is 0 Å². The van der Waals surface area contributed by atoms with Crippen molar-refractivity contribution >= 4 is 11.9 Å². The number of rotatable bonds is 9. The van der Waals surface area contributed by atoms with E-state index in [1.54, 1.807) is 0 Å². The highest BCUT2D eigenvalue weighted by atomic mass is 16.6. The number of esters is 1. The van der Waals surface area contributed by atoms with E-state index in [2.05, 4.69) is 6.07 Å². The topological polar surface area (TPSA) is 82.9 Å². The monoisotopic (exact) mass is 432 g/mol. The maximum absolute atomic E-state index is 12.7. The highest BCUT2D eigenvalue weighted by Gasteiger charge is 2.41. The van der Waals surface area contributed by atoms with Gasteiger partial charge in [-0.15, -0.1) is 0 Å². The van der Waals surface area contributed by atoms with Crippen LogP contribution in [0.2, 0.25) is 0 Å². The van der Waals surface area contributed by atoms with Gasteiger partial charge in [0, 0.05) is 24.9 Å². The van der Waals surface area contributed by atoms with Crippen molar-refractivity contribution in [1.82, 2.24) is 4.90 Å². The van der Waals surface area contributed by atoms with Gasteiger partial charge in [-0.05, 0) is 39.5 Å². The van der Waals surface area contributed by atoms with Crippen molar-refractivity contribution < 1.29 is 19.1 Å². The lowest BCUT2D eigenvalue weighted by Crippen LogP contribution is -2.42. The van der Waals surface area contributed by atoms with E-state index < -0.39 is 5.41 Å². The molecule has 4 atom stereocenters. The maximum atomic E-state index is 12.7. The molecule has 4 unspecified atom stereocenters.